The number of carbonyl (C=O) groups is 2. The van der Waals surface area contributed by atoms with Crippen molar-refractivity contribution in [2.75, 3.05) is 6.61 Å². The zero-order valence-corrected chi connectivity index (χ0v) is 7.45. The van der Waals surface area contributed by atoms with Gasteiger partial charge in [0.25, 0.3) is 0 Å². The van der Waals surface area contributed by atoms with Crippen molar-refractivity contribution in [2.45, 2.75) is 25.8 Å². The third-order valence-electron chi connectivity index (χ3n) is 1.21. The van der Waals surface area contributed by atoms with Gasteiger partial charge in [-0.15, -0.1) is 0 Å². The van der Waals surface area contributed by atoms with E-state index in [-0.39, 0.29) is 18.4 Å². The van der Waals surface area contributed by atoms with Crippen molar-refractivity contribution in [2.24, 2.45) is 5.73 Å². The Morgan fingerprint density at radius 3 is 2.69 bits per heavy atom. The molecule has 0 radical (unpaired) electrons. The largest absolute Gasteiger partial charge is 0.479 e. The van der Waals surface area contributed by atoms with Crippen LogP contribution in [-0.4, -0.2) is 29.6 Å². The topological polar surface area (TPSA) is 102 Å². The first-order chi connectivity index (χ1) is 6.02. The van der Waals surface area contributed by atoms with Gasteiger partial charge in [0.05, 0.1) is 0 Å². The zero-order valence-electron chi connectivity index (χ0n) is 7.45. The molecule has 0 aromatic rings. The average molecular weight is 190 g/mol. The second-order valence-corrected chi connectivity index (χ2v) is 2.72. The van der Waals surface area contributed by atoms with Crippen LogP contribution in [0.2, 0.25) is 0 Å². The molecular weight excluding hydrogens is 176 g/mol. The van der Waals surface area contributed by atoms with E-state index in [0.717, 1.165) is 0 Å². The molecule has 0 saturated heterocycles. The van der Waals surface area contributed by atoms with Crippen LogP contribution >= 0.6 is 0 Å². The van der Waals surface area contributed by atoms with E-state index >= 15 is 0 Å². The van der Waals surface area contributed by atoms with Gasteiger partial charge in [0.15, 0.2) is 6.61 Å². The maximum Gasteiger partial charge on any atom is 0.332 e. The van der Waals surface area contributed by atoms with Crippen molar-refractivity contribution < 1.29 is 19.5 Å². The summed E-state index contributed by atoms with van der Waals surface area (Å²) in [7, 11) is 0. The maximum atomic E-state index is 10.8. The molecule has 6 heteroatoms. The number of amides is 1. The minimum Gasteiger partial charge on any atom is -0.479 e. The standard InChI is InChI=1S/C7H14N2O4/c1-5(8)2-3-6(10)9-13-4-7(11)12/h5H,2-4,8H2,1H3,(H,9,10)(H,11,12). The molecule has 0 rings (SSSR count). The number of carboxylic acids is 1. The van der Waals surface area contributed by atoms with E-state index in [1.54, 1.807) is 6.92 Å². The minimum atomic E-state index is -1.13. The summed E-state index contributed by atoms with van der Waals surface area (Å²) in [4.78, 5) is 25.1. The lowest BCUT2D eigenvalue weighted by Crippen LogP contribution is -2.28. The molecule has 76 valence electrons. The summed E-state index contributed by atoms with van der Waals surface area (Å²) in [6, 6.07) is -0.0507. The van der Waals surface area contributed by atoms with Gasteiger partial charge in [0, 0.05) is 12.5 Å². The fourth-order valence-electron chi connectivity index (χ4n) is 0.588. The molecule has 0 bridgehead atoms. The molecule has 1 unspecified atom stereocenters. The molecule has 6 nitrogen and oxygen atoms in total. The molecule has 1 amide bonds. The molecule has 0 heterocycles. The molecule has 0 aliphatic carbocycles. The molecule has 0 aromatic heterocycles. The average Bonchev–Trinajstić information content (AvgIpc) is 2.00. The predicted molar refractivity (Wildman–Crippen MR) is 44.6 cm³/mol. The van der Waals surface area contributed by atoms with Gasteiger partial charge < -0.3 is 10.8 Å². The molecule has 1 atom stereocenters. The SMILES string of the molecule is CC(N)CCC(=O)NOCC(=O)O. The van der Waals surface area contributed by atoms with Crippen LogP contribution in [0.3, 0.4) is 0 Å². The summed E-state index contributed by atoms with van der Waals surface area (Å²) in [6.45, 7) is 1.25. The van der Waals surface area contributed by atoms with Crippen LogP contribution in [0.4, 0.5) is 0 Å². The van der Waals surface area contributed by atoms with Gasteiger partial charge in [-0.3, -0.25) is 9.63 Å². The van der Waals surface area contributed by atoms with Gasteiger partial charge in [0.2, 0.25) is 5.91 Å². The quantitative estimate of drug-likeness (QED) is 0.478. The molecule has 0 aliphatic rings. The predicted octanol–water partition coefficient (Wildman–Crippen LogP) is -0.754. The number of aliphatic carboxylic acids is 1. The monoisotopic (exact) mass is 190 g/mol. The first-order valence-corrected chi connectivity index (χ1v) is 3.90. The molecule has 0 saturated carbocycles. The van der Waals surface area contributed by atoms with E-state index in [1.807, 2.05) is 5.48 Å². The third kappa shape index (κ3) is 8.77. The van der Waals surface area contributed by atoms with E-state index in [4.69, 9.17) is 10.8 Å². The number of rotatable bonds is 6. The van der Waals surface area contributed by atoms with Crippen molar-refractivity contribution >= 4 is 11.9 Å². The summed E-state index contributed by atoms with van der Waals surface area (Å²) in [5.74, 6) is -1.49. The van der Waals surface area contributed by atoms with Crippen LogP contribution in [0.1, 0.15) is 19.8 Å². The van der Waals surface area contributed by atoms with Gasteiger partial charge in [-0.05, 0) is 13.3 Å². The van der Waals surface area contributed by atoms with Crippen molar-refractivity contribution in [1.82, 2.24) is 5.48 Å². The molecule has 0 aliphatic heterocycles. The second kappa shape index (κ2) is 6.38. The van der Waals surface area contributed by atoms with Gasteiger partial charge in [-0.2, -0.15) is 0 Å². The highest BCUT2D eigenvalue weighted by molar-refractivity contribution is 5.75. The van der Waals surface area contributed by atoms with Crippen LogP contribution < -0.4 is 11.2 Å². The molecule has 0 spiro atoms. The number of nitrogens with one attached hydrogen (secondary N) is 1. The summed E-state index contributed by atoms with van der Waals surface area (Å²) < 4.78 is 0. The molecule has 0 fully saturated rings. The van der Waals surface area contributed by atoms with Gasteiger partial charge in [-0.25, -0.2) is 10.3 Å². The fraction of sp³-hybridized carbons (Fsp3) is 0.714. The van der Waals surface area contributed by atoms with E-state index in [2.05, 4.69) is 4.84 Å². The summed E-state index contributed by atoms with van der Waals surface area (Å²) in [5.41, 5.74) is 7.40. The Labute approximate surface area is 76.0 Å². The van der Waals surface area contributed by atoms with E-state index < -0.39 is 12.6 Å². The Balaban J connectivity index is 3.35. The smallest absolute Gasteiger partial charge is 0.332 e. The number of carboxylic acid groups (broad SMARTS) is 1. The van der Waals surface area contributed by atoms with Gasteiger partial charge in [0.1, 0.15) is 0 Å². The Hall–Kier alpha value is -1.14. The van der Waals surface area contributed by atoms with E-state index in [9.17, 15) is 9.59 Å². The first-order valence-electron chi connectivity index (χ1n) is 3.90. The van der Waals surface area contributed by atoms with Crippen LogP contribution in [0.25, 0.3) is 0 Å². The maximum absolute atomic E-state index is 10.8. The molecule has 13 heavy (non-hydrogen) atoms. The van der Waals surface area contributed by atoms with E-state index in [1.165, 1.54) is 0 Å². The highest BCUT2D eigenvalue weighted by Gasteiger charge is 2.04. The van der Waals surface area contributed by atoms with E-state index in [0.29, 0.717) is 6.42 Å². The Bertz CT molecular complexity index is 181. The highest BCUT2D eigenvalue weighted by atomic mass is 16.7. The molecule has 0 aromatic carbocycles. The summed E-state index contributed by atoms with van der Waals surface area (Å²) in [6.07, 6.45) is 0.777. The number of hydrogen-bond acceptors (Lipinski definition) is 4. The number of hydrogen-bond donors (Lipinski definition) is 3. The Morgan fingerprint density at radius 1 is 1.62 bits per heavy atom. The summed E-state index contributed by atoms with van der Waals surface area (Å²) >= 11 is 0. The van der Waals surface area contributed by atoms with Gasteiger partial charge >= 0.3 is 5.97 Å². The van der Waals surface area contributed by atoms with Crippen LogP contribution in [0.15, 0.2) is 0 Å². The lowest BCUT2D eigenvalue weighted by atomic mass is 10.2. The number of nitrogens with two attached hydrogens (primary N) is 1. The zero-order chi connectivity index (χ0) is 10.3. The van der Waals surface area contributed by atoms with Crippen LogP contribution in [-0.2, 0) is 14.4 Å². The van der Waals surface area contributed by atoms with Crippen LogP contribution in [0.5, 0.6) is 0 Å². The van der Waals surface area contributed by atoms with Crippen molar-refractivity contribution in [3.63, 3.8) is 0 Å². The van der Waals surface area contributed by atoms with Crippen molar-refractivity contribution in [3.05, 3.63) is 0 Å². The Kier molecular flexibility index (Phi) is 5.82. The second-order valence-electron chi connectivity index (χ2n) is 2.72. The number of hydroxylamine groups is 1. The number of carbonyl (C=O) groups excluding carboxylic acids is 1. The van der Waals surface area contributed by atoms with Crippen molar-refractivity contribution in [1.29, 1.82) is 0 Å². The van der Waals surface area contributed by atoms with Gasteiger partial charge in [-0.1, -0.05) is 0 Å². The fourth-order valence-corrected chi connectivity index (χ4v) is 0.588. The van der Waals surface area contributed by atoms with Crippen molar-refractivity contribution in [3.8, 4) is 0 Å². The summed E-state index contributed by atoms with van der Waals surface area (Å²) in [5, 5.41) is 8.15. The lowest BCUT2D eigenvalue weighted by Gasteiger charge is -2.05. The Morgan fingerprint density at radius 2 is 2.23 bits per heavy atom. The highest BCUT2D eigenvalue weighted by Crippen LogP contribution is 1.92. The third-order valence-corrected chi connectivity index (χ3v) is 1.21. The lowest BCUT2D eigenvalue weighted by molar-refractivity contribution is -0.149. The minimum absolute atomic E-state index is 0.0507. The van der Waals surface area contributed by atoms with Crippen LogP contribution in [0, 0.1) is 0 Å². The molecule has 4 N–H and O–H groups in total. The molecular formula is C7H14N2O4. The normalized spacial score (nSPS) is 12.2. The first kappa shape index (κ1) is 11.9.